The van der Waals surface area contributed by atoms with Crippen molar-refractivity contribution in [3.8, 4) is 0 Å². The van der Waals surface area contributed by atoms with Gasteiger partial charge in [-0.3, -0.25) is 9.59 Å². The van der Waals surface area contributed by atoms with Crippen molar-refractivity contribution in [2.75, 3.05) is 0 Å². The van der Waals surface area contributed by atoms with Crippen LogP contribution in [0.1, 0.15) is 38.5 Å². The van der Waals surface area contributed by atoms with Gasteiger partial charge in [0.1, 0.15) is 11.5 Å². The van der Waals surface area contributed by atoms with Crippen LogP contribution >= 0.6 is 0 Å². The number of carbonyl (C=O) groups is 2. The highest BCUT2D eigenvalue weighted by molar-refractivity contribution is 5.83. The summed E-state index contributed by atoms with van der Waals surface area (Å²) in [6.07, 6.45) is 4.54. The summed E-state index contributed by atoms with van der Waals surface area (Å²) in [6.45, 7) is 0. The molecule has 1 spiro atoms. The van der Waals surface area contributed by atoms with E-state index in [1.807, 2.05) is 0 Å². The smallest absolute Gasteiger partial charge is 0.311 e. The fourth-order valence-electron chi connectivity index (χ4n) is 2.61. The Morgan fingerprint density at radius 2 is 2.00 bits per heavy atom. The Hall–Kier alpha value is -1.06. The van der Waals surface area contributed by atoms with Crippen molar-refractivity contribution in [3.05, 3.63) is 0 Å². The number of carboxylic acid groups (broad SMARTS) is 1. The number of ether oxygens (including phenoxy) is 1. The van der Waals surface area contributed by atoms with Crippen molar-refractivity contribution < 1.29 is 19.4 Å². The lowest BCUT2D eigenvalue weighted by Crippen LogP contribution is -2.41. The molecule has 2 rings (SSSR count). The monoisotopic (exact) mass is 198 g/mol. The Kier molecular flexibility index (Phi) is 2.21. The molecule has 1 N–H and O–H groups in total. The molecule has 1 heterocycles. The molecule has 2 fully saturated rings. The van der Waals surface area contributed by atoms with Gasteiger partial charge in [0.2, 0.25) is 0 Å². The van der Waals surface area contributed by atoms with E-state index < -0.39 is 17.5 Å². The van der Waals surface area contributed by atoms with E-state index in [4.69, 9.17) is 9.84 Å². The van der Waals surface area contributed by atoms with Crippen LogP contribution in [0.4, 0.5) is 0 Å². The van der Waals surface area contributed by atoms with E-state index in [-0.39, 0.29) is 12.4 Å². The van der Waals surface area contributed by atoms with Gasteiger partial charge < -0.3 is 9.84 Å². The van der Waals surface area contributed by atoms with Crippen LogP contribution in [-0.2, 0) is 14.3 Å². The van der Waals surface area contributed by atoms with Gasteiger partial charge in [-0.05, 0) is 25.7 Å². The van der Waals surface area contributed by atoms with Gasteiger partial charge in [-0.15, -0.1) is 0 Å². The first-order valence-electron chi connectivity index (χ1n) is 5.09. The van der Waals surface area contributed by atoms with E-state index in [2.05, 4.69) is 0 Å². The Morgan fingerprint density at radius 3 is 2.57 bits per heavy atom. The maximum atomic E-state index is 11.1. The van der Waals surface area contributed by atoms with Gasteiger partial charge in [0.25, 0.3) is 0 Å². The molecule has 1 aliphatic heterocycles. The number of esters is 1. The average molecular weight is 198 g/mol. The topological polar surface area (TPSA) is 63.6 Å². The summed E-state index contributed by atoms with van der Waals surface area (Å²) in [7, 11) is 0. The van der Waals surface area contributed by atoms with Crippen LogP contribution < -0.4 is 0 Å². The van der Waals surface area contributed by atoms with Gasteiger partial charge in [0, 0.05) is 0 Å². The lowest BCUT2D eigenvalue weighted by molar-refractivity contribution is -0.157. The quantitative estimate of drug-likeness (QED) is 0.646. The lowest BCUT2D eigenvalue weighted by atomic mass is 9.76. The Morgan fingerprint density at radius 1 is 1.36 bits per heavy atom. The minimum absolute atomic E-state index is 0.0509. The number of hydrogen-bond donors (Lipinski definition) is 1. The zero-order valence-corrected chi connectivity index (χ0v) is 7.99. The van der Waals surface area contributed by atoms with Gasteiger partial charge in [-0.1, -0.05) is 6.42 Å². The molecule has 0 aromatic carbocycles. The summed E-state index contributed by atoms with van der Waals surface area (Å²) >= 11 is 0. The molecule has 0 amide bonds. The highest BCUT2D eigenvalue weighted by Crippen LogP contribution is 2.44. The summed E-state index contributed by atoms with van der Waals surface area (Å²) in [4.78, 5) is 22.1. The predicted molar refractivity (Wildman–Crippen MR) is 47.7 cm³/mol. The zero-order valence-electron chi connectivity index (χ0n) is 7.99. The van der Waals surface area contributed by atoms with Crippen LogP contribution in [-0.4, -0.2) is 22.6 Å². The van der Waals surface area contributed by atoms with Crippen LogP contribution in [0, 0.1) is 5.92 Å². The van der Waals surface area contributed by atoms with Gasteiger partial charge in [0.15, 0.2) is 0 Å². The fraction of sp³-hybridized carbons (Fsp3) is 0.800. The minimum atomic E-state index is -0.891. The molecule has 0 aromatic rings. The van der Waals surface area contributed by atoms with Crippen LogP contribution in [0.5, 0.6) is 0 Å². The molecule has 1 saturated carbocycles. The second-order valence-electron chi connectivity index (χ2n) is 4.19. The van der Waals surface area contributed by atoms with Gasteiger partial charge >= 0.3 is 11.9 Å². The van der Waals surface area contributed by atoms with E-state index >= 15 is 0 Å². The molecule has 14 heavy (non-hydrogen) atoms. The molecule has 1 atom stereocenters. The number of carboxylic acids is 1. The Labute approximate surface area is 82.2 Å². The van der Waals surface area contributed by atoms with Crippen LogP contribution in [0.15, 0.2) is 0 Å². The summed E-state index contributed by atoms with van der Waals surface area (Å²) in [5, 5.41) is 9.02. The molecular weight excluding hydrogens is 184 g/mol. The Balaban J connectivity index is 2.21. The van der Waals surface area contributed by atoms with Gasteiger partial charge in [0.05, 0.1) is 6.42 Å². The molecule has 0 aromatic heterocycles. The largest absolute Gasteiger partial charge is 0.481 e. The molecule has 0 radical (unpaired) electrons. The molecule has 1 saturated heterocycles. The molecule has 4 nitrogen and oxygen atoms in total. The van der Waals surface area contributed by atoms with E-state index in [1.54, 1.807) is 0 Å². The maximum absolute atomic E-state index is 11.1. The molecule has 0 bridgehead atoms. The van der Waals surface area contributed by atoms with Crippen molar-refractivity contribution in [1.82, 2.24) is 0 Å². The first kappa shape index (κ1) is 9.49. The van der Waals surface area contributed by atoms with E-state index in [9.17, 15) is 9.59 Å². The maximum Gasteiger partial charge on any atom is 0.311 e. The molecule has 4 heteroatoms. The number of rotatable bonds is 1. The van der Waals surface area contributed by atoms with Crippen molar-refractivity contribution in [2.24, 2.45) is 5.92 Å². The SMILES string of the molecule is O=C1CC(C(=O)O)C2(CCCCC2)O1. The number of carbonyl (C=O) groups excluding carboxylic acids is 1. The third-order valence-corrected chi connectivity index (χ3v) is 3.32. The summed E-state index contributed by atoms with van der Waals surface area (Å²) in [6, 6.07) is 0. The molecule has 1 unspecified atom stereocenters. The van der Waals surface area contributed by atoms with Gasteiger partial charge in [-0.25, -0.2) is 0 Å². The molecule has 78 valence electrons. The minimum Gasteiger partial charge on any atom is -0.481 e. The van der Waals surface area contributed by atoms with Crippen LogP contribution in [0.25, 0.3) is 0 Å². The standard InChI is InChI=1S/C10H14O4/c11-8-6-7(9(12)13)10(14-8)4-2-1-3-5-10/h7H,1-6H2,(H,12,13). The lowest BCUT2D eigenvalue weighted by Gasteiger charge is -2.34. The van der Waals surface area contributed by atoms with E-state index in [0.29, 0.717) is 0 Å². The highest BCUT2D eigenvalue weighted by Gasteiger charge is 2.52. The van der Waals surface area contributed by atoms with Crippen molar-refractivity contribution in [2.45, 2.75) is 44.1 Å². The number of aliphatic carboxylic acids is 1. The first-order chi connectivity index (χ1) is 6.64. The fourth-order valence-corrected chi connectivity index (χ4v) is 2.61. The highest BCUT2D eigenvalue weighted by atomic mass is 16.6. The van der Waals surface area contributed by atoms with Crippen molar-refractivity contribution >= 4 is 11.9 Å². The van der Waals surface area contributed by atoms with Crippen LogP contribution in [0.2, 0.25) is 0 Å². The summed E-state index contributed by atoms with van der Waals surface area (Å²) in [5.74, 6) is -1.85. The Bertz CT molecular complexity index is 265. The van der Waals surface area contributed by atoms with Gasteiger partial charge in [-0.2, -0.15) is 0 Å². The zero-order chi connectivity index (χ0) is 10.2. The second kappa shape index (κ2) is 3.26. The number of hydrogen-bond acceptors (Lipinski definition) is 3. The third-order valence-electron chi connectivity index (χ3n) is 3.32. The third kappa shape index (κ3) is 1.38. The average Bonchev–Trinajstić information content (AvgIpc) is 2.44. The second-order valence-corrected chi connectivity index (χ2v) is 4.19. The summed E-state index contributed by atoms with van der Waals surface area (Å²) < 4.78 is 5.24. The predicted octanol–water partition coefficient (Wildman–Crippen LogP) is 1.34. The first-order valence-corrected chi connectivity index (χ1v) is 5.09. The molecular formula is C10H14O4. The van der Waals surface area contributed by atoms with E-state index in [1.165, 1.54) is 0 Å². The van der Waals surface area contributed by atoms with E-state index in [0.717, 1.165) is 32.1 Å². The van der Waals surface area contributed by atoms with Crippen LogP contribution in [0.3, 0.4) is 0 Å². The van der Waals surface area contributed by atoms with Crippen molar-refractivity contribution in [1.29, 1.82) is 0 Å². The molecule has 2 aliphatic rings. The molecule has 1 aliphatic carbocycles. The summed E-state index contributed by atoms with van der Waals surface area (Å²) in [5.41, 5.74) is -0.666. The normalized spacial score (nSPS) is 30.3. The van der Waals surface area contributed by atoms with Crippen molar-refractivity contribution in [3.63, 3.8) is 0 Å².